The van der Waals surface area contributed by atoms with Gasteiger partial charge in [0, 0.05) is 0 Å². The quantitative estimate of drug-likeness (QED) is 0.819. The fraction of sp³-hybridized carbons (Fsp3) is 0.278. The van der Waals surface area contributed by atoms with E-state index in [4.69, 9.17) is 4.74 Å². The van der Waals surface area contributed by atoms with Gasteiger partial charge in [-0.3, -0.25) is 4.79 Å². The van der Waals surface area contributed by atoms with Crippen LogP contribution in [0.1, 0.15) is 22.8 Å². The topological polar surface area (TPSA) is 72.5 Å². The summed E-state index contributed by atoms with van der Waals surface area (Å²) in [6.45, 7) is 1.12. The van der Waals surface area contributed by atoms with Gasteiger partial charge in [-0.25, -0.2) is 17.5 Å². The zero-order valence-corrected chi connectivity index (χ0v) is 14.9. The smallest absolute Gasteiger partial charge is 0.268 e. The van der Waals surface area contributed by atoms with Gasteiger partial charge in [0.2, 0.25) is 10.0 Å². The van der Waals surface area contributed by atoms with Crippen LogP contribution < -0.4 is 9.46 Å². The summed E-state index contributed by atoms with van der Waals surface area (Å²) in [5, 5.41) is 0. The second-order valence-electron chi connectivity index (χ2n) is 5.50. The summed E-state index contributed by atoms with van der Waals surface area (Å²) >= 11 is 0. The van der Waals surface area contributed by atoms with Crippen LogP contribution in [0.15, 0.2) is 42.5 Å². The zero-order chi connectivity index (χ0) is 18.4. The maximum atomic E-state index is 12.5. The van der Waals surface area contributed by atoms with E-state index in [9.17, 15) is 17.6 Å². The highest BCUT2D eigenvalue weighted by atomic mass is 32.2. The minimum absolute atomic E-state index is 0.0350. The molecule has 7 heteroatoms. The number of alkyl halides is 1. The predicted octanol–water partition coefficient (Wildman–Crippen LogP) is 2.95. The maximum Gasteiger partial charge on any atom is 0.268 e. The number of rotatable bonds is 7. The van der Waals surface area contributed by atoms with Crippen molar-refractivity contribution in [1.29, 1.82) is 0 Å². The molecule has 0 heterocycles. The van der Waals surface area contributed by atoms with Crippen LogP contribution in [0.5, 0.6) is 5.75 Å². The Morgan fingerprint density at radius 3 is 2.32 bits per heavy atom. The van der Waals surface area contributed by atoms with E-state index < -0.39 is 22.6 Å². The van der Waals surface area contributed by atoms with Gasteiger partial charge in [0.05, 0.1) is 11.8 Å². The summed E-state index contributed by atoms with van der Waals surface area (Å²) in [5.74, 6) is -0.680. The Hall–Kier alpha value is -2.41. The lowest BCUT2D eigenvalue weighted by Gasteiger charge is -2.12. The molecule has 0 saturated carbocycles. The van der Waals surface area contributed by atoms with Crippen LogP contribution in [0, 0.1) is 0 Å². The van der Waals surface area contributed by atoms with E-state index in [0.717, 1.165) is 23.8 Å². The normalized spacial score (nSPS) is 11.2. The van der Waals surface area contributed by atoms with Crippen LogP contribution >= 0.6 is 0 Å². The van der Waals surface area contributed by atoms with Gasteiger partial charge < -0.3 is 4.74 Å². The van der Waals surface area contributed by atoms with Crippen molar-refractivity contribution in [3.05, 3.63) is 53.6 Å². The molecule has 0 aliphatic rings. The van der Waals surface area contributed by atoms with Gasteiger partial charge in [0.15, 0.2) is 0 Å². The van der Waals surface area contributed by atoms with Crippen molar-refractivity contribution < 1.29 is 22.3 Å². The van der Waals surface area contributed by atoms with E-state index in [0.29, 0.717) is 0 Å². The molecule has 1 N–H and O–H groups in total. The summed E-state index contributed by atoms with van der Waals surface area (Å²) in [5.41, 5.74) is 2.93. The Morgan fingerprint density at radius 1 is 1.12 bits per heavy atom. The van der Waals surface area contributed by atoms with E-state index in [1.165, 1.54) is 11.6 Å². The molecule has 0 fully saturated rings. The summed E-state index contributed by atoms with van der Waals surface area (Å²) < 4.78 is 42.2. The van der Waals surface area contributed by atoms with Crippen LogP contribution in [-0.4, -0.2) is 33.9 Å². The molecule has 134 valence electrons. The van der Waals surface area contributed by atoms with E-state index in [1.54, 1.807) is 12.1 Å². The molecule has 0 aliphatic carbocycles. The van der Waals surface area contributed by atoms with Crippen molar-refractivity contribution in [2.45, 2.75) is 13.3 Å². The Morgan fingerprint density at radius 2 is 1.76 bits per heavy atom. The van der Waals surface area contributed by atoms with Gasteiger partial charge in [-0.2, -0.15) is 0 Å². The molecule has 0 aliphatic heterocycles. The molecule has 0 radical (unpaired) electrons. The molecule has 0 saturated heterocycles. The number of nitrogens with one attached hydrogen (secondary N) is 1. The second-order valence-corrected chi connectivity index (χ2v) is 7.25. The van der Waals surface area contributed by atoms with Gasteiger partial charge >= 0.3 is 0 Å². The number of ether oxygens (including phenoxy) is 1. The van der Waals surface area contributed by atoms with Gasteiger partial charge in [0.1, 0.15) is 19.0 Å². The lowest BCUT2D eigenvalue weighted by molar-refractivity contribution is 0.0977. The second kappa shape index (κ2) is 8.11. The molecule has 2 aromatic rings. The number of halogens is 1. The third-order valence-electron chi connectivity index (χ3n) is 3.53. The van der Waals surface area contributed by atoms with Gasteiger partial charge in [-0.05, 0) is 35.2 Å². The maximum absolute atomic E-state index is 12.5. The highest BCUT2D eigenvalue weighted by Crippen LogP contribution is 2.28. The zero-order valence-electron chi connectivity index (χ0n) is 14.1. The Labute approximate surface area is 146 Å². The molecule has 0 aromatic heterocycles. The molecule has 2 rings (SSSR count). The summed E-state index contributed by atoms with van der Waals surface area (Å²) in [6, 6.07) is 12.7. The number of hydrogen-bond donors (Lipinski definition) is 1. The van der Waals surface area contributed by atoms with Gasteiger partial charge in [-0.1, -0.05) is 37.3 Å². The minimum Gasteiger partial charge on any atom is -0.490 e. The highest BCUT2D eigenvalue weighted by Gasteiger charge is 2.17. The predicted molar refractivity (Wildman–Crippen MR) is 95.0 cm³/mol. The van der Waals surface area contributed by atoms with Crippen molar-refractivity contribution in [3.63, 3.8) is 0 Å². The minimum atomic E-state index is -3.71. The first-order valence-corrected chi connectivity index (χ1v) is 9.67. The van der Waals surface area contributed by atoms with Gasteiger partial charge in [0.25, 0.3) is 5.91 Å². The molecular weight excluding hydrogens is 345 g/mol. The molecule has 1 amide bonds. The number of benzene rings is 2. The fourth-order valence-electron chi connectivity index (χ4n) is 2.31. The van der Waals surface area contributed by atoms with Crippen LogP contribution in [0.2, 0.25) is 0 Å². The molecule has 5 nitrogen and oxygen atoms in total. The first-order chi connectivity index (χ1) is 11.8. The molecule has 0 bridgehead atoms. The fourth-order valence-corrected chi connectivity index (χ4v) is 2.76. The lowest BCUT2D eigenvalue weighted by atomic mass is 10.0. The monoisotopic (exact) mass is 365 g/mol. The Bertz CT molecular complexity index is 848. The summed E-state index contributed by atoms with van der Waals surface area (Å²) in [4.78, 5) is 12.1. The largest absolute Gasteiger partial charge is 0.490 e. The average molecular weight is 365 g/mol. The number of sulfonamides is 1. The van der Waals surface area contributed by atoms with Crippen LogP contribution in [0.4, 0.5) is 4.39 Å². The molecular formula is C18H20FNO4S. The third-order valence-corrected chi connectivity index (χ3v) is 4.09. The third kappa shape index (κ3) is 5.29. The molecule has 25 heavy (non-hydrogen) atoms. The standard InChI is InChI=1S/C18H20FNO4S/c1-3-13-4-6-14(7-5-13)15-8-9-16(17(12-15)24-11-10-19)18(21)20-25(2,22)23/h4-9,12H,3,10-11H2,1-2H3,(H,20,21). The van der Waals surface area contributed by atoms with Crippen LogP contribution in [-0.2, 0) is 16.4 Å². The van der Waals surface area contributed by atoms with Crippen molar-refractivity contribution in [3.8, 4) is 16.9 Å². The lowest BCUT2D eigenvalue weighted by Crippen LogP contribution is -2.29. The number of aryl methyl sites for hydroxylation is 1. The number of carbonyl (C=O) groups excluding carboxylic acids is 1. The van der Waals surface area contributed by atoms with Crippen molar-refractivity contribution in [1.82, 2.24) is 4.72 Å². The Kier molecular flexibility index (Phi) is 6.14. The number of carbonyl (C=O) groups is 1. The first-order valence-electron chi connectivity index (χ1n) is 7.78. The van der Waals surface area contributed by atoms with E-state index in [-0.39, 0.29) is 17.9 Å². The average Bonchev–Trinajstić information content (AvgIpc) is 2.58. The van der Waals surface area contributed by atoms with Crippen LogP contribution in [0.3, 0.4) is 0 Å². The SMILES string of the molecule is CCc1ccc(-c2ccc(C(=O)NS(C)(=O)=O)c(OCCF)c2)cc1. The van der Waals surface area contributed by atoms with Crippen molar-refractivity contribution in [2.24, 2.45) is 0 Å². The van der Waals surface area contributed by atoms with Crippen LogP contribution in [0.25, 0.3) is 11.1 Å². The summed E-state index contributed by atoms with van der Waals surface area (Å²) in [7, 11) is -3.71. The number of amides is 1. The van der Waals surface area contributed by atoms with E-state index in [1.807, 2.05) is 29.0 Å². The molecule has 0 unspecified atom stereocenters. The molecule has 0 atom stereocenters. The highest BCUT2D eigenvalue weighted by molar-refractivity contribution is 7.89. The summed E-state index contributed by atoms with van der Waals surface area (Å²) in [6.07, 6.45) is 1.81. The Balaban J connectivity index is 2.39. The van der Waals surface area contributed by atoms with Crippen molar-refractivity contribution in [2.75, 3.05) is 19.5 Å². The van der Waals surface area contributed by atoms with E-state index >= 15 is 0 Å². The molecule has 0 spiro atoms. The van der Waals surface area contributed by atoms with E-state index in [2.05, 4.69) is 6.92 Å². The molecule has 2 aromatic carbocycles. The van der Waals surface area contributed by atoms with Gasteiger partial charge in [-0.15, -0.1) is 0 Å². The first kappa shape index (κ1) is 18.9. The van der Waals surface area contributed by atoms with Crippen molar-refractivity contribution >= 4 is 15.9 Å². The number of hydrogen-bond acceptors (Lipinski definition) is 4.